The number of rotatable bonds is 4. The summed E-state index contributed by atoms with van der Waals surface area (Å²) in [6.45, 7) is 5.52. The Labute approximate surface area is 144 Å². The Bertz CT molecular complexity index is 900. The molecular formula is C18H18FN5O. The molecule has 0 atom stereocenters. The lowest BCUT2D eigenvalue weighted by molar-refractivity contribution is -0.115. The number of hydrogen-bond donors (Lipinski definition) is 1. The number of aryl methyl sites for hydroxylation is 2. The minimum absolute atomic E-state index is 0.169. The average molecular weight is 339 g/mol. The van der Waals surface area contributed by atoms with Gasteiger partial charge in [-0.1, -0.05) is 0 Å². The normalized spacial score (nSPS) is 10.7. The Morgan fingerprint density at radius 2 is 1.76 bits per heavy atom. The maximum atomic E-state index is 13.1. The number of anilines is 1. The fourth-order valence-corrected chi connectivity index (χ4v) is 2.59. The molecule has 3 rings (SSSR count). The SMILES string of the molecule is Cc1ncc(NC(=O)Cc2c(C)nn(-c3ccc(F)cc3)c2C)cn1. The molecule has 0 aliphatic rings. The lowest BCUT2D eigenvalue weighted by atomic mass is 10.1. The molecule has 1 aromatic carbocycles. The first kappa shape index (κ1) is 16.8. The van der Waals surface area contributed by atoms with Crippen LogP contribution in [0.2, 0.25) is 0 Å². The van der Waals surface area contributed by atoms with E-state index in [2.05, 4.69) is 20.4 Å². The van der Waals surface area contributed by atoms with Gasteiger partial charge < -0.3 is 5.32 Å². The first-order chi connectivity index (χ1) is 11.9. The molecule has 1 N–H and O–H groups in total. The zero-order chi connectivity index (χ0) is 18.0. The molecule has 7 heteroatoms. The molecule has 0 saturated carbocycles. The van der Waals surface area contributed by atoms with Crippen molar-refractivity contribution in [3.05, 3.63) is 65.3 Å². The summed E-state index contributed by atoms with van der Waals surface area (Å²) in [6.07, 6.45) is 3.33. The average Bonchev–Trinajstić information content (AvgIpc) is 2.86. The van der Waals surface area contributed by atoms with E-state index in [0.29, 0.717) is 11.5 Å². The van der Waals surface area contributed by atoms with Crippen LogP contribution >= 0.6 is 0 Å². The number of aromatic nitrogens is 4. The second-order valence-corrected chi connectivity index (χ2v) is 5.78. The van der Waals surface area contributed by atoms with E-state index in [-0.39, 0.29) is 18.1 Å². The van der Waals surface area contributed by atoms with Crippen LogP contribution < -0.4 is 5.32 Å². The Hall–Kier alpha value is -3.09. The van der Waals surface area contributed by atoms with Crippen molar-refractivity contribution in [2.24, 2.45) is 0 Å². The van der Waals surface area contributed by atoms with Crippen LogP contribution in [0.1, 0.15) is 22.8 Å². The lowest BCUT2D eigenvalue weighted by Crippen LogP contribution is -2.15. The number of hydrogen-bond acceptors (Lipinski definition) is 4. The van der Waals surface area contributed by atoms with Gasteiger partial charge in [0.1, 0.15) is 11.6 Å². The molecular weight excluding hydrogens is 321 g/mol. The van der Waals surface area contributed by atoms with Gasteiger partial charge in [0.25, 0.3) is 0 Å². The van der Waals surface area contributed by atoms with Gasteiger partial charge >= 0.3 is 0 Å². The van der Waals surface area contributed by atoms with Gasteiger partial charge in [-0.2, -0.15) is 5.10 Å². The predicted molar refractivity (Wildman–Crippen MR) is 92.1 cm³/mol. The van der Waals surface area contributed by atoms with E-state index in [9.17, 15) is 9.18 Å². The molecule has 0 spiro atoms. The molecule has 2 heterocycles. The van der Waals surface area contributed by atoms with Crippen molar-refractivity contribution in [1.29, 1.82) is 0 Å². The summed E-state index contributed by atoms with van der Waals surface area (Å²) in [4.78, 5) is 20.4. The standard InChI is InChI=1S/C18H18FN5O/c1-11-17(8-18(25)22-15-9-20-13(3)21-10-15)12(2)24(23-11)16-6-4-14(19)5-7-16/h4-7,9-10H,8H2,1-3H3,(H,22,25). The molecule has 25 heavy (non-hydrogen) atoms. The van der Waals surface area contributed by atoms with Crippen molar-refractivity contribution in [2.75, 3.05) is 5.32 Å². The fraction of sp³-hybridized carbons (Fsp3) is 0.222. The minimum Gasteiger partial charge on any atom is -0.323 e. The molecule has 0 unspecified atom stereocenters. The summed E-state index contributed by atoms with van der Waals surface area (Å²) in [5, 5.41) is 7.25. The van der Waals surface area contributed by atoms with Crippen LogP contribution in [0.25, 0.3) is 5.69 Å². The third-order valence-corrected chi connectivity index (χ3v) is 3.91. The summed E-state index contributed by atoms with van der Waals surface area (Å²) >= 11 is 0. The van der Waals surface area contributed by atoms with Gasteiger partial charge in [0.2, 0.25) is 5.91 Å². The zero-order valence-corrected chi connectivity index (χ0v) is 14.2. The van der Waals surface area contributed by atoms with Gasteiger partial charge in [-0.3, -0.25) is 4.79 Å². The number of halogens is 1. The highest BCUT2D eigenvalue weighted by Gasteiger charge is 2.16. The van der Waals surface area contributed by atoms with Crippen molar-refractivity contribution in [2.45, 2.75) is 27.2 Å². The number of nitrogens with zero attached hydrogens (tertiary/aromatic N) is 4. The summed E-state index contributed by atoms with van der Waals surface area (Å²) in [7, 11) is 0. The number of nitrogens with one attached hydrogen (secondary N) is 1. The maximum absolute atomic E-state index is 13.1. The van der Waals surface area contributed by atoms with E-state index >= 15 is 0 Å². The third kappa shape index (κ3) is 3.71. The Morgan fingerprint density at radius 1 is 1.12 bits per heavy atom. The van der Waals surface area contributed by atoms with E-state index in [1.807, 2.05) is 13.8 Å². The minimum atomic E-state index is -0.301. The van der Waals surface area contributed by atoms with E-state index in [1.165, 1.54) is 12.1 Å². The first-order valence-corrected chi connectivity index (χ1v) is 7.83. The second kappa shape index (κ2) is 6.80. The van der Waals surface area contributed by atoms with Crippen LogP contribution in [-0.2, 0) is 11.2 Å². The summed E-state index contributed by atoms with van der Waals surface area (Å²) in [6, 6.07) is 6.08. The molecule has 0 radical (unpaired) electrons. The highest BCUT2D eigenvalue weighted by molar-refractivity contribution is 5.92. The molecule has 0 saturated heterocycles. The third-order valence-electron chi connectivity index (χ3n) is 3.91. The molecule has 0 aliphatic carbocycles. The van der Waals surface area contributed by atoms with E-state index in [4.69, 9.17) is 0 Å². The molecule has 3 aromatic rings. The smallest absolute Gasteiger partial charge is 0.229 e. The van der Waals surface area contributed by atoms with E-state index in [1.54, 1.807) is 36.1 Å². The quantitative estimate of drug-likeness (QED) is 0.793. The van der Waals surface area contributed by atoms with Gasteiger partial charge in [-0.05, 0) is 45.0 Å². The summed E-state index contributed by atoms with van der Waals surface area (Å²) in [5.41, 5.74) is 3.75. The number of benzene rings is 1. The molecule has 0 bridgehead atoms. The van der Waals surface area contributed by atoms with Crippen molar-refractivity contribution >= 4 is 11.6 Å². The molecule has 128 valence electrons. The van der Waals surface area contributed by atoms with Gasteiger partial charge in [0.05, 0.1) is 35.9 Å². The molecule has 2 aromatic heterocycles. The van der Waals surface area contributed by atoms with Crippen molar-refractivity contribution in [3.63, 3.8) is 0 Å². The van der Waals surface area contributed by atoms with Crippen molar-refractivity contribution < 1.29 is 9.18 Å². The van der Waals surface area contributed by atoms with Gasteiger partial charge in [-0.25, -0.2) is 19.0 Å². The number of carbonyl (C=O) groups is 1. The van der Waals surface area contributed by atoms with Gasteiger partial charge in [0, 0.05) is 11.3 Å². The summed E-state index contributed by atoms with van der Waals surface area (Å²) in [5.74, 6) is 0.174. The second-order valence-electron chi connectivity index (χ2n) is 5.78. The van der Waals surface area contributed by atoms with Crippen LogP contribution in [0.4, 0.5) is 10.1 Å². The Balaban J connectivity index is 1.79. The Morgan fingerprint density at radius 3 is 2.40 bits per heavy atom. The number of amides is 1. The first-order valence-electron chi connectivity index (χ1n) is 7.83. The topological polar surface area (TPSA) is 72.7 Å². The monoisotopic (exact) mass is 339 g/mol. The predicted octanol–water partition coefficient (Wildman–Crippen LogP) is 2.91. The molecule has 0 fully saturated rings. The van der Waals surface area contributed by atoms with Gasteiger partial charge in [0.15, 0.2) is 0 Å². The molecule has 1 amide bonds. The highest BCUT2D eigenvalue weighted by atomic mass is 19.1. The van der Waals surface area contributed by atoms with Crippen LogP contribution in [0.3, 0.4) is 0 Å². The van der Waals surface area contributed by atoms with Crippen LogP contribution in [-0.4, -0.2) is 25.7 Å². The number of carbonyl (C=O) groups excluding carboxylic acids is 1. The van der Waals surface area contributed by atoms with E-state index < -0.39 is 0 Å². The molecule has 0 aliphatic heterocycles. The zero-order valence-electron chi connectivity index (χ0n) is 14.2. The molecule has 6 nitrogen and oxygen atoms in total. The van der Waals surface area contributed by atoms with Crippen LogP contribution in [0.5, 0.6) is 0 Å². The van der Waals surface area contributed by atoms with Crippen LogP contribution in [0.15, 0.2) is 36.7 Å². The van der Waals surface area contributed by atoms with Crippen molar-refractivity contribution in [3.8, 4) is 5.69 Å². The lowest BCUT2D eigenvalue weighted by Gasteiger charge is -2.07. The Kier molecular flexibility index (Phi) is 4.56. The summed E-state index contributed by atoms with van der Waals surface area (Å²) < 4.78 is 14.8. The highest BCUT2D eigenvalue weighted by Crippen LogP contribution is 2.19. The maximum Gasteiger partial charge on any atom is 0.229 e. The fourth-order valence-electron chi connectivity index (χ4n) is 2.59. The van der Waals surface area contributed by atoms with E-state index in [0.717, 1.165) is 22.6 Å². The van der Waals surface area contributed by atoms with Gasteiger partial charge in [-0.15, -0.1) is 0 Å². The van der Waals surface area contributed by atoms with Crippen LogP contribution in [0, 0.1) is 26.6 Å². The van der Waals surface area contributed by atoms with Crippen molar-refractivity contribution in [1.82, 2.24) is 19.7 Å². The largest absolute Gasteiger partial charge is 0.323 e.